The second kappa shape index (κ2) is 7.05. The van der Waals surface area contributed by atoms with Gasteiger partial charge in [0.2, 0.25) is 0 Å². The first-order valence-electron chi connectivity index (χ1n) is 8.52. The first kappa shape index (κ1) is 15.2. The predicted octanol–water partition coefficient (Wildman–Crippen LogP) is 3.05. The minimum absolute atomic E-state index is 0.0720. The third kappa shape index (κ3) is 3.07. The molecule has 1 fully saturated rings. The number of nitrogens with zero attached hydrogens (tertiary/aromatic N) is 2. The summed E-state index contributed by atoms with van der Waals surface area (Å²) in [5.41, 5.74) is 1.15. The maximum atomic E-state index is 12.8. The highest BCUT2D eigenvalue weighted by atomic mass is 16.1. The first-order valence-corrected chi connectivity index (χ1v) is 8.52. The van der Waals surface area contributed by atoms with Crippen molar-refractivity contribution in [3.8, 4) is 0 Å². The summed E-state index contributed by atoms with van der Waals surface area (Å²) in [5, 5.41) is 10.0. The van der Waals surface area contributed by atoms with Crippen molar-refractivity contribution in [2.75, 3.05) is 13.1 Å². The van der Waals surface area contributed by atoms with Crippen LogP contribution in [-0.4, -0.2) is 22.9 Å². The van der Waals surface area contributed by atoms with E-state index in [2.05, 4.69) is 12.2 Å². The molecule has 1 aromatic heterocycles. The average Bonchev–Trinajstić information content (AvgIpc) is 2.84. The van der Waals surface area contributed by atoms with Crippen molar-refractivity contribution in [3.63, 3.8) is 0 Å². The van der Waals surface area contributed by atoms with E-state index < -0.39 is 0 Å². The van der Waals surface area contributed by atoms with Gasteiger partial charge in [-0.1, -0.05) is 31.5 Å². The van der Waals surface area contributed by atoms with Crippen molar-refractivity contribution >= 4 is 10.8 Å². The van der Waals surface area contributed by atoms with Gasteiger partial charge in [-0.25, -0.2) is 4.68 Å². The van der Waals surface area contributed by atoms with Crippen LogP contribution in [-0.2, 0) is 6.42 Å². The average molecular weight is 299 g/mol. The Morgan fingerprint density at radius 2 is 2.05 bits per heavy atom. The Hall–Kier alpha value is -1.68. The summed E-state index contributed by atoms with van der Waals surface area (Å²) in [6.07, 6.45) is 6.33. The fraction of sp³-hybridized carbons (Fsp3) is 0.556. The van der Waals surface area contributed by atoms with Gasteiger partial charge in [0, 0.05) is 5.39 Å². The van der Waals surface area contributed by atoms with Gasteiger partial charge in [0.05, 0.1) is 17.1 Å². The molecule has 1 N–H and O–H groups in total. The molecule has 0 aliphatic carbocycles. The molecule has 0 amide bonds. The topological polar surface area (TPSA) is 46.9 Å². The number of aryl methyl sites for hydroxylation is 1. The molecule has 2 aromatic rings. The number of fused-ring (bicyclic) bond motifs is 1. The van der Waals surface area contributed by atoms with Gasteiger partial charge in [-0.3, -0.25) is 4.79 Å². The van der Waals surface area contributed by atoms with E-state index in [-0.39, 0.29) is 11.6 Å². The predicted molar refractivity (Wildman–Crippen MR) is 90.4 cm³/mol. The van der Waals surface area contributed by atoms with E-state index in [1.165, 1.54) is 0 Å². The van der Waals surface area contributed by atoms with Crippen LogP contribution in [0.3, 0.4) is 0 Å². The number of unbranched alkanes of at least 4 members (excludes halogenated alkanes) is 1. The minimum atomic E-state index is 0.0720. The monoisotopic (exact) mass is 299 g/mol. The van der Waals surface area contributed by atoms with Crippen molar-refractivity contribution in [2.24, 2.45) is 0 Å². The molecule has 22 heavy (non-hydrogen) atoms. The Morgan fingerprint density at radius 1 is 1.23 bits per heavy atom. The number of benzene rings is 1. The van der Waals surface area contributed by atoms with Gasteiger partial charge in [0.25, 0.3) is 5.56 Å². The number of hydrogen-bond acceptors (Lipinski definition) is 3. The van der Waals surface area contributed by atoms with Crippen LogP contribution in [0.25, 0.3) is 10.8 Å². The summed E-state index contributed by atoms with van der Waals surface area (Å²) in [7, 11) is 0. The molecule has 0 spiro atoms. The summed E-state index contributed by atoms with van der Waals surface area (Å²) in [5.74, 6) is 0. The van der Waals surface area contributed by atoms with Gasteiger partial charge >= 0.3 is 0 Å². The Bertz CT molecular complexity index is 684. The van der Waals surface area contributed by atoms with Crippen molar-refractivity contribution in [1.29, 1.82) is 0 Å². The molecule has 4 heteroatoms. The van der Waals surface area contributed by atoms with E-state index in [4.69, 9.17) is 5.10 Å². The normalized spacial score (nSPS) is 19.2. The number of aromatic nitrogens is 2. The second-order valence-corrected chi connectivity index (χ2v) is 6.18. The van der Waals surface area contributed by atoms with Crippen molar-refractivity contribution in [1.82, 2.24) is 15.1 Å². The van der Waals surface area contributed by atoms with Crippen LogP contribution in [0.4, 0.5) is 0 Å². The summed E-state index contributed by atoms with van der Waals surface area (Å²) in [6, 6.07) is 8.16. The maximum absolute atomic E-state index is 12.8. The van der Waals surface area contributed by atoms with Crippen LogP contribution in [0.2, 0.25) is 0 Å². The van der Waals surface area contributed by atoms with E-state index >= 15 is 0 Å². The molecular weight excluding hydrogens is 274 g/mol. The summed E-state index contributed by atoms with van der Waals surface area (Å²) >= 11 is 0. The summed E-state index contributed by atoms with van der Waals surface area (Å²) < 4.78 is 1.78. The lowest BCUT2D eigenvalue weighted by Gasteiger charge is -2.18. The van der Waals surface area contributed by atoms with E-state index in [1.807, 2.05) is 24.3 Å². The molecule has 0 bridgehead atoms. The van der Waals surface area contributed by atoms with Crippen molar-refractivity contribution < 1.29 is 0 Å². The molecule has 2 heterocycles. The highest BCUT2D eigenvalue weighted by Gasteiger charge is 2.19. The first-order chi connectivity index (χ1) is 10.8. The SMILES string of the molecule is CCCCc1nn(C2CCCNCC2)c(=O)c2ccccc12. The molecule has 0 saturated carbocycles. The largest absolute Gasteiger partial charge is 0.317 e. The van der Waals surface area contributed by atoms with Crippen LogP contribution in [0, 0.1) is 0 Å². The molecule has 1 aliphatic heterocycles. The van der Waals surface area contributed by atoms with Crippen LogP contribution in [0.15, 0.2) is 29.1 Å². The lowest BCUT2D eigenvalue weighted by Crippen LogP contribution is -2.29. The highest BCUT2D eigenvalue weighted by Crippen LogP contribution is 2.21. The van der Waals surface area contributed by atoms with Gasteiger partial charge in [0.15, 0.2) is 0 Å². The molecule has 1 atom stereocenters. The Balaban J connectivity index is 2.08. The lowest BCUT2D eigenvalue weighted by atomic mass is 10.1. The highest BCUT2D eigenvalue weighted by molar-refractivity contribution is 5.83. The maximum Gasteiger partial charge on any atom is 0.274 e. The molecule has 1 aliphatic rings. The smallest absolute Gasteiger partial charge is 0.274 e. The summed E-state index contributed by atoms with van der Waals surface area (Å²) in [6.45, 7) is 4.20. The molecule has 0 radical (unpaired) electrons. The molecule has 118 valence electrons. The third-order valence-corrected chi connectivity index (χ3v) is 4.56. The van der Waals surface area contributed by atoms with Crippen LogP contribution < -0.4 is 10.9 Å². The Kier molecular flexibility index (Phi) is 4.88. The zero-order valence-electron chi connectivity index (χ0n) is 13.3. The number of rotatable bonds is 4. The van der Waals surface area contributed by atoms with E-state index in [0.29, 0.717) is 0 Å². The Labute approximate surface area is 131 Å². The standard InChI is InChI=1S/C18H25N3O/c1-2-3-10-17-15-8-4-5-9-16(15)18(22)21(20-17)14-7-6-12-19-13-11-14/h4-5,8-9,14,19H,2-3,6-7,10-13H2,1H3. The summed E-state index contributed by atoms with van der Waals surface area (Å²) in [4.78, 5) is 12.8. The van der Waals surface area contributed by atoms with Crippen molar-refractivity contribution in [2.45, 2.75) is 51.5 Å². The van der Waals surface area contributed by atoms with E-state index in [9.17, 15) is 4.79 Å². The van der Waals surface area contributed by atoms with Crippen LogP contribution in [0.5, 0.6) is 0 Å². The number of nitrogens with one attached hydrogen (secondary N) is 1. The molecule has 1 unspecified atom stereocenters. The zero-order chi connectivity index (χ0) is 15.4. The molecule has 1 saturated heterocycles. The molecule has 3 rings (SSSR count). The van der Waals surface area contributed by atoms with Gasteiger partial charge in [0.1, 0.15) is 0 Å². The van der Waals surface area contributed by atoms with Gasteiger partial charge in [-0.05, 0) is 51.3 Å². The fourth-order valence-electron chi connectivity index (χ4n) is 3.30. The van der Waals surface area contributed by atoms with Gasteiger partial charge < -0.3 is 5.32 Å². The quantitative estimate of drug-likeness (QED) is 0.944. The fourth-order valence-corrected chi connectivity index (χ4v) is 3.30. The van der Waals surface area contributed by atoms with Gasteiger partial charge in [-0.15, -0.1) is 0 Å². The number of hydrogen-bond donors (Lipinski definition) is 1. The molecule has 1 aromatic carbocycles. The molecular formula is C18H25N3O. The Morgan fingerprint density at radius 3 is 2.86 bits per heavy atom. The van der Waals surface area contributed by atoms with Crippen LogP contribution >= 0.6 is 0 Å². The second-order valence-electron chi connectivity index (χ2n) is 6.18. The van der Waals surface area contributed by atoms with E-state index in [1.54, 1.807) is 4.68 Å². The van der Waals surface area contributed by atoms with Crippen molar-refractivity contribution in [3.05, 3.63) is 40.3 Å². The lowest BCUT2D eigenvalue weighted by molar-refractivity contribution is 0.394. The molecule has 4 nitrogen and oxygen atoms in total. The zero-order valence-corrected chi connectivity index (χ0v) is 13.3. The third-order valence-electron chi connectivity index (χ3n) is 4.56. The van der Waals surface area contributed by atoms with E-state index in [0.717, 1.165) is 68.1 Å². The van der Waals surface area contributed by atoms with Crippen LogP contribution in [0.1, 0.15) is 50.8 Å². The van der Waals surface area contributed by atoms with Gasteiger partial charge in [-0.2, -0.15) is 5.10 Å². The minimum Gasteiger partial charge on any atom is -0.317 e.